The maximum absolute atomic E-state index is 12.4. The van der Waals surface area contributed by atoms with Crippen LogP contribution in [0.5, 0.6) is 0 Å². The minimum absolute atomic E-state index is 0.0380. The number of piperazine rings is 1. The first-order valence-electron chi connectivity index (χ1n) is 8.68. The Bertz CT molecular complexity index is 980. The summed E-state index contributed by atoms with van der Waals surface area (Å²) < 4.78 is 28.6. The highest BCUT2D eigenvalue weighted by atomic mass is 32.2. The van der Waals surface area contributed by atoms with Gasteiger partial charge in [0.15, 0.2) is 0 Å². The molecule has 0 aliphatic carbocycles. The molecule has 9 nitrogen and oxygen atoms in total. The van der Waals surface area contributed by atoms with Crippen LogP contribution in [0.3, 0.4) is 0 Å². The van der Waals surface area contributed by atoms with Crippen molar-refractivity contribution in [1.29, 1.82) is 0 Å². The summed E-state index contributed by atoms with van der Waals surface area (Å²) in [7, 11) is -3.86. The lowest BCUT2D eigenvalue weighted by atomic mass is 10.2. The van der Waals surface area contributed by atoms with Crippen LogP contribution < -0.4 is 10.6 Å². The SMILES string of the molecule is Cc1ccc(S(=O)(=O)/N=C(\N)N2CCN(c3ccc([N+](=O)[O-])cc3)CC2)cc1. The number of hydrogen-bond acceptors (Lipinski definition) is 5. The lowest BCUT2D eigenvalue weighted by molar-refractivity contribution is -0.384. The van der Waals surface area contributed by atoms with Gasteiger partial charge in [-0.2, -0.15) is 8.42 Å². The number of anilines is 1. The van der Waals surface area contributed by atoms with Gasteiger partial charge in [-0.3, -0.25) is 10.1 Å². The Kier molecular flexibility index (Phi) is 5.50. The van der Waals surface area contributed by atoms with Crippen LogP contribution in [-0.2, 0) is 10.0 Å². The summed E-state index contributed by atoms with van der Waals surface area (Å²) in [5.41, 5.74) is 7.81. The van der Waals surface area contributed by atoms with Gasteiger partial charge in [-0.25, -0.2) is 0 Å². The van der Waals surface area contributed by atoms with Crippen molar-refractivity contribution in [1.82, 2.24) is 4.90 Å². The first-order chi connectivity index (χ1) is 13.3. The van der Waals surface area contributed by atoms with Gasteiger partial charge in [0.05, 0.1) is 9.82 Å². The van der Waals surface area contributed by atoms with Crippen LogP contribution in [0.25, 0.3) is 0 Å². The molecule has 148 valence electrons. The molecule has 0 radical (unpaired) electrons. The number of non-ortho nitro benzene ring substituents is 1. The van der Waals surface area contributed by atoms with Crippen LogP contribution in [0.1, 0.15) is 5.56 Å². The van der Waals surface area contributed by atoms with Crippen molar-refractivity contribution in [2.24, 2.45) is 10.1 Å². The van der Waals surface area contributed by atoms with Gasteiger partial charge in [0.2, 0.25) is 5.96 Å². The molecule has 1 aliphatic rings. The maximum Gasteiger partial charge on any atom is 0.285 e. The van der Waals surface area contributed by atoms with Gasteiger partial charge >= 0.3 is 0 Å². The van der Waals surface area contributed by atoms with Crippen molar-refractivity contribution in [2.75, 3.05) is 31.1 Å². The average molecular weight is 403 g/mol. The van der Waals surface area contributed by atoms with Crippen LogP contribution in [0.4, 0.5) is 11.4 Å². The second-order valence-corrected chi connectivity index (χ2v) is 8.09. The quantitative estimate of drug-likeness (QED) is 0.357. The standard InChI is InChI=1S/C18H21N5O4S/c1-14-2-8-17(9-3-14)28(26,27)20-18(19)22-12-10-21(11-13-22)15-4-6-16(7-5-15)23(24)25/h2-9H,10-13H2,1H3,(H2,19,20). The molecule has 3 rings (SSSR count). The second kappa shape index (κ2) is 7.85. The summed E-state index contributed by atoms with van der Waals surface area (Å²) in [6, 6.07) is 12.8. The highest BCUT2D eigenvalue weighted by Crippen LogP contribution is 2.21. The van der Waals surface area contributed by atoms with E-state index in [2.05, 4.69) is 9.30 Å². The summed E-state index contributed by atoms with van der Waals surface area (Å²) in [6.07, 6.45) is 0. The first-order valence-corrected chi connectivity index (χ1v) is 10.1. The molecule has 0 unspecified atom stereocenters. The van der Waals surface area contributed by atoms with Gasteiger partial charge in [-0.05, 0) is 31.2 Å². The van der Waals surface area contributed by atoms with Crippen molar-refractivity contribution in [3.05, 3.63) is 64.2 Å². The first kappa shape index (κ1) is 19.6. The van der Waals surface area contributed by atoms with E-state index >= 15 is 0 Å². The Morgan fingerprint density at radius 1 is 1.04 bits per heavy atom. The van der Waals surface area contributed by atoms with Gasteiger partial charge in [0.25, 0.3) is 15.7 Å². The van der Waals surface area contributed by atoms with Crippen molar-refractivity contribution in [2.45, 2.75) is 11.8 Å². The van der Waals surface area contributed by atoms with E-state index in [4.69, 9.17) is 5.73 Å². The largest absolute Gasteiger partial charge is 0.369 e. The molecule has 1 saturated heterocycles. The van der Waals surface area contributed by atoms with E-state index in [1.165, 1.54) is 24.3 Å². The minimum Gasteiger partial charge on any atom is -0.369 e. The number of nitrogens with zero attached hydrogens (tertiary/aromatic N) is 4. The van der Waals surface area contributed by atoms with E-state index < -0.39 is 14.9 Å². The highest BCUT2D eigenvalue weighted by molar-refractivity contribution is 7.90. The van der Waals surface area contributed by atoms with Crippen LogP contribution >= 0.6 is 0 Å². The molecule has 0 bridgehead atoms. The molecule has 0 aromatic heterocycles. The second-order valence-electron chi connectivity index (χ2n) is 6.49. The predicted octanol–water partition coefficient (Wildman–Crippen LogP) is 1.73. The predicted molar refractivity (Wildman–Crippen MR) is 107 cm³/mol. The zero-order chi connectivity index (χ0) is 20.3. The third kappa shape index (κ3) is 4.39. The average Bonchev–Trinajstić information content (AvgIpc) is 2.68. The van der Waals surface area contributed by atoms with E-state index in [-0.39, 0.29) is 16.5 Å². The highest BCUT2D eigenvalue weighted by Gasteiger charge is 2.21. The molecule has 0 atom stereocenters. The summed E-state index contributed by atoms with van der Waals surface area (Å²) in [4.78, 5) is 14.2. The van der Waals surface area contributed by atoms with Crippen molar-refractivity contribution in [3.63, 3.8) is 0 Å². The topological polar surface area (TPSA) is 122 Å². The zero-order valence-corrected chi connectivity index (χ0v) is 16.2. The molecule has 2 aromatic rings. The van der Waals surface area contributed by atoms with Crippen LogP contribution in [-0.4, -0.2) is 50.4 Å². The summed E-state index contributed by atoms with van der Waals surface area (Å²) in [5.74, 6) is -0.0380. The number of guanidine groups is 1. The Balaban J connectivity index is 1.66. The van der Waals surface area contributed by atoms with E-state index in [0.29, 0.717) is 26.2 Å². The van der Waals surface area contributed by atoms with Crippen LogP contribution in [0, 0.1) is 17.0 Å². The van der Waals surface area contributed by atoms with Crippen molar-refractivity contribution < 1.29 is 13.3 Å². The lowest BCUT2D eigenvalue weighted by Gasteiger charge is -2.36. The summed E-state index contributed by atoms with van der Waals surface area (Å²) in [6.45, 7) is 4.06. The van der Waals surface area contributed by atoms with E-state index in [1.807, 2.05) is 6.92 Å². The fraction of sp³-hybridized carbons (Fsp3) is 0.278. The number of aryl methyl sites for hydroxylation is 1. The molecule has 1 aliphatic heterocycles. The molecule has 2 N–H and O–H groups in total. The fourth-order valence-electron chi connectivity index (χ4n) is 2.92. The Morgan fingerprint density at radius 3 is 2.14 bits per heavy atom. The van der Waals surface area contributed by atoms with Gasteiger partial charge in [-0.15, -0.1) is 4.40 Å². The maximum atomic E-state index is 12.4. The molecule has 0 saturated carbocycles. The van der Waals surface area contributed by atoms with Gasteiger partial charge in [-0.1, -0.05) is 17.7 Å². The molecule has 1 heterocycles. The molecule has 2 aromatic carbocycles. The smallest absolute Gasteiger partial charge is 0.285 e. The van der Waals surface area contributed by atoms with Crippen molar-refractivity contribution >= 4 is 27.4 Å². The van der Waals surface area contributed by atoms with E-state index in [9.17, 15) is 18.5 Å². The Hall–Kier alpha value is -3.14. The third-order valence-electron chi connectivity index (χ3n) is 4.56. The van der Waals surface area contributed by atoms with E-state index in [0.717, 1.165) is 11.3 Å². The number of rotatable bonds is 4. The fourth-order valence-corrected chi connectivity index (χ4v) is 3.87. The molecular formula is C18H21N5O4S. The Morgan fingerprint density at radius 2 is 1.61 bits per heavy atom. The number of hydrogen-bond donors (Lipinski definition) is 1. The molecule has 0 spiro atoms. The monoisotopic (exact) mass is 403 g/mol. The summed E-state index contributed by atoms with van der Waals surface area (Å²) >= 11 is 0. The minimum atomic E-state index is -3.86. The molecule has 0 amide bonds. The van der Waals surface area contributed by atoms with Gasteiger partial charge in [0.1, 0.15) is 0 Å². The van der Waals surface area contributed by atoms with Crippen LogP contribution in [0.15, 0.2) is 57.8 Å². The van der Waals surface area contributed by atoms with Gasteiger partial charge < -0.3 is 15.5 Å². The number of benzene rings is 2. The number of nitro groups is 1. The molecular weight excluding hydrogens is 382 g/mol. The third-order valence-corrected chi connectivity index (χ3v) is 5.86. The normalized spacial score (nSPS) is 15.5. The number of nitrogens with two attached hydrogens (primary N) is 1. The number of sulfonamides is 1. The lowest BCUT2D eigenvalue weighted by Crippen LogP contribution is -2.51. The van der Waals surface area contributed by atoms with E-state index in [1.54, 1.807) is 29.2 Å². The molecule has 28 heavy (non-hydrogen) atoms. The van der Waals surface area contributed by atoms with Crippen molar-refractivity contribution in [3.8, 4) is 0 Å². The summed E-state index contributed by atoms with van der Waals surface area (Å²) in [5, 5.41) is 10.7. The van der Waals surface area contributed by atoms with Gasteiger partial charge in [0, 0.05) is 44.0 Å². The molecule has 1 fully saturated rings. The molecule has 10 heteroatoms. The Labute approximate surface area is 163 Å². The number of nitro benzene ring substituents is 1. The zero-order valence-electron chi connectivity index (χ0n) is 15.4. The van der Waals surface area contributed by atoms with Crippen LogP contribution in [0.2, 0.25) is 0 Å².